The van der Waals surface area contributed by atoms with Crippen molar-refractivity contribution in [3.8, 4) is 0 Å². The van der Waals surface area contributed by atoms with E-state index in [4.69, 9.17) is 4.74 Å². The fourth-order valence-electron chi connectivity index (χ4n) is 1.22. The lowest BCUT2D eigenvalue weighted by molar-refractivity contribution is 0.0398. The number of ether oxygens (including phenoxy) is 1. The van der Waals surface area contributed by atoms with E-state index in [0.717, 1.165) is 11.3 Å². The molecule has 3 heteroatoms. The highest BCUT2D eigenvalue weighted by Crippen LogP contribution is 2.05. The minimum Gasteiger partial charge on any atom is -0.390 e. The predicted molar refractivity (Wildman–Crippen MR) is 69.6 cm³/mol. The minimum absolute atomic E-state index is 0.388. The molecule has 0 aromatic heterocycles. The zero-order valence-electron chi connectivity index (χ0n) is 9.34. The highest BCUT2D eigenvalue weighted by atomic mass is 32.2. The maximum atomic E-state index is 9.57. The monoisotopic (exact) mass is 238 g/mol. The number of aliphatic hydroxyl groups is 1. The summed E-state index contributed by atoms with van der Waals surface area (Å²) in [5, 5.41) is 9.57. The van der Waals surface area contributed by atoms with Crippen LogP contribution in [0.5, 0.6) is 0 Å². The third-order valence-electron chi connectivity index (χ3n) is 1.97. The molecule has 0 saturated carbocycles. The first-order valence-electron chi connectivity index (χ1n) is 5.31. The van der Waals surface area contributed by atoms with Crippen molar-refractivity contribution in [2.45, 2.75) is 12.7 Å². The van der Waals surface area contributed by atoms with Gasteiger partial charge in [0, 0.05) is 11.5 Å². The van der Waals surface area contributed by atoms with Crippen LogP contribution in [-0.4, -0.2) is 29.3 Å². The molecule has 1 aromatic carbocycles. The number of thioether (sulfide) groups is 1. The number of hydrogen-bond acceptors (Lipinski definition) is 3. The largest absolute Gasteiger partial charge is 0.390 e. The van der Waals surface area contributed by atoms with Crippen LogP contribution in [0, 0.1) is 0 Å². The highest BCUT2D eigenvalue weighted by Gasteiger charge is 2.03. The Hall–Kier alpha value is -0.770. The molecule has 0 saturated heterocycles. The van der Waals surface area contributed by atoms with Crippen LogP contribution in [0.3, 0.4) is 0 Å². The Bertz CT molecular complexity index is 287. The summed E-state index contributed by atoms with van der Waals surface area (Å²) < 4.78 is 5.42. The molecule has 0 bridgehead atoms. The number of hydrogen-bond donors (Lipinski definition) is 1. The first-order chi connectivity index (χ1) is 7.83. The summed E-state index contributed by atoms with van der Waals surface area (Å²) in [5.41, 5.74) is 1.13. The summed E-state index contributed by atoms with van der Waals surface area (Å²) in [6.07, 6.45) is 1.44. The van der Waals surface area contributed by atoms with Gasteiger partial charge >= 0.3 is 0 Å². The zero-order valence-corrected chi connectivity index (χ0v) is 10.2. The molecule has 16 heavy (non-hydrogen) atoms. The van der Waals surface area contributed by atoms with Crippen LogP contribution in [0.1, 0.15) is 5.56 Å². The van der Waals surface area contributed by atoms with Crippen LogP contribution >= 0.6 is 11.8 Å². The van der Waals surface area contributed by atoms with Crippen LogP contribution in [-0.2, 0) is 11.3 Å². The van der Waals surface area contributed by atoms with Gasteiger partial charge in [-0.3, -0.25) is 0 Å². The first-order valence-corrected chi connectivity index (χ1v) is 6.46. The van der Waals surface area contributed by atoms with Crippen molar-refractivity contribution < 1.29 is 9.84 Å². The lowest BCUT2D eigenvalue weighted by atomic mass is 10.2. The third kappa shape index (κ3) is 5.95. The van der Waals surface area contributed by atoms with Crippen molar-refractivity contribution in [3.05, 3.63) is 48.6 Å². The van der Waals surface area contributed by atoms with Gasteiger partial charge in [0.15, 0.2) is 0 Å². The van der Waals surface area contributed by atoms with E-state index in [1.807, 2.05) is 36.4 Å². The van der Waals surface area contributed by atoms with Crippen LogP contribution in [0.25, 0.3) is 0 Å². The quantitative estimate of drug-likeness (QED) is 0.557. The van der Waals surface area contributed by atoms with E-state index in [1.165, 1.54) is 0 Å². The normalized spacial score (nSPS) is 12.3. The van der Waals surface area contributed by atoms with E-state index < -0.39 is 6.10 Å². The van der Waals surface area contributed by atoms with Gasteiger partial charge in [-0.05, 0) is 5.56 Å². The molecule has 1 unspecified atom stereocenters. The molecule has 1 rings (SSSR count). The zero-order chi connectivity index (χ0) is 11.6. The number of benzene rings is 1. The molecule has 1 N–H and O–H groups in total. The second kappa shape index (κ2) is 8.39. The van der Waals surface area contributed by atoms with Crippen molar-refractivity contribution in [1.29, 1.82) is 0 Å². The average Bonchev–Trinajstić information content (AvgIpc) is 2.31. The Balaban J connectivity index is 2.08. The third-order valence-corrected chi connectivity index (χ3v) is 3.06. The fraction of sp³-hybridized carbons (Fsp3) is 0.385. The first kappa shape index (κ1) is 13.3. The lowest BCUT2D eigenvalue weighted by Gasteiger charge is -2.10. The van der Waals surface area contributed by atoms with Gasteiger partial charge in [-0.1, -0.05) is 36.4 Å². The van der Waals surface area contributed by atoms with Crippen molar-refractivity contribution in [2.75, 3.05) is 18.1 Å². The Morgan fingerprint density at radius 2 is 2.12 bits per heavy atom. The van der Waals surface area contributed by atoms with Crippen molar-refractivity contribution in [1.82, 2.24) is 0 Å². The fourth-order valence-corrected chi connectivity index (χ4v) is 1.89. The number of rotatable bonds is 8. The van der Waals surface area contributed by atoms with Gasteiger partial charge in [-0.15, -0.1) is 6.58 Å². The van der Waals surface area contributed by atoms with Crippen molar-refractivity contribution in [2.24, 2.45) is 0 Å². The van der Waals surface area contributed by atoms with Gasteiger partial charge in [0.05, 0.1) is 19.3 Å². The summed E-state index contributed by atoms with van der Waals surface area (Å²) in [7, 11) is 0. The second-order valence-corrected chi connectivity index (χ2v) is 4.56. The van der Waals surface area contributed by atoms with Gasteiger partial charge in [-0.2, -0.15) is 11.8 Å². The SMILES string of the molecule is C=CCSCC(O)COCc1ccccc1. The molecule has 2 nitrogen and oxygen atoms in total. The Labute approximate surface area is 101 Å². The van der Waals surface area contributed by atoms with Gasteiger partial charge in [0.2, 0.25) is 0 Å². The van der Waals surface area contributed by atoms with Gasteiger partial charge < -0.3 is 9.84 Å². The molecular weight excluding hydrogens is 220 g/mol. The van der Waals surface area contributed by atoms with E-state index in [9.17, 15) is 5.11 Å². The Morgan fingerprint density at radius 3 is 2.81 bits per heavy atom. The maximum Gasteiger partial charge on any atom is 0.0864 e. The van der Waals surface area contributed by atoms with E-state index in [2.05, 4.69) is 6.58 Å². The van der Waals surface area contributed by atoms with Crippen molar-refractivity contribution >= 4 is 11.8 Å². The van der Waals surface area contributed by atoms with E-state index >= 15 is 0 Å². The summed E-state index contributed by atoms with van der Waals surface area (Å²) in [6, 6.07) is 9.96. The lowest BCUT2D eigenvalue weighted by Crippen LogP contribution is -2.18. The summed E-state index contributed by atoms with van der Waals surface area (Å²) >= 11 is 1.66. The highest BCUT2D eigenvalue weighted by molar-refractivity contribution is 7.99. The van der Waals surface area contributed by atoms with Crippen LogP contribution in [0.2, 0.25) is 0 Å². The molecule has 0 aliphatic rings. The van der Waals surface area contributed by atoms with E-state index in [-0.39, 0.29) is 0 Å². The summed E-state index contributed by atoms with van der Waals surface area (Å²) in [4.78, 5) is 0. The van der Waals surface area contributed by atoms with Gasteiger partial charge in [0.1, 0.15) is 0 Å². The molecule has 0 heterocycles. The molecule has 0 radical (unpaired) electrons. The van der Waals surface area contributed by atoms with Crippen LogP contribution in [0.4, 0.5) is 0 Å². The molecule has 1 atom stereocenters. The van der Waals surface area contributed by atoms with Crippen molar-refractivity contribution in [3.63, 3.8) is 0 Å². The molecule has 0 aliphatic carbocycles. The average molecular weight is 238 g/mol. The van der Waals surface area contributed by atoms with Gasteiger partial charge in [0.25, 0.3) is 0 Å². The molecule has 0 aliphatic heterocycles. The van der Waals surface area contributed by atoms with E-state index in [1.54, 1.807) is 11.8 Å². The smallest absolute Gasteiger partial charge is 0.0864 e. The topological polar surface area (TPSA) is 29.5 Å². The van der Waals surface area contributed by atoms with E-state index in [0.29, 0.717) is 19.0 Å². The molecule has 0 fully saturated rings. The molecule has 88 valence electrons. The predicted octanol–water partition coefficient (Wildman–Crippen LogP) is 2.48. The standard InChI is InChI=1S/C13H18O2S/c1-2-8-16-11-13(14)10-15-9-12-6-4-3-5-7-12/h2-7,13-14H,1,8-11H2. The molecule has 0 spiro atoms. The minimum atomic E-state index is -0.395. The van der Waals surface area contributed by atoms with Gasteiger partial charge in [-0.25, -0.2) is 0 Å². The molecule has 1 aromatic rings. The summed E-state index contributed by atoms with van der Waals surface area (Å²) in [6.45, 7) is 4.57. The summed E-state index contributed by atoms with van der Waals surface area (Å²) in [5.74, 6) is 1.57. The Kier molecular flexibility index (Phi) is 6.97. The second-order valence-electron chi connectivity index (χ2n) is 3.48. The Morgan fingerprint density at radius 1 is 1.38 bits per heavy atom. The maximum absolute atomic E-state index is 9.57. The number of aliphatic hydroxyl groups excluding tert-OH is 1. The molecular formula is C13H18O2S. The molecule has 0 amide bonds. The van der Waals surface area contributed by atoms with Crippen LogP contribution < -0.4 is 0 Å². The van der Waals surface area contributed by atoms with Crippen LogP contribution in [0.15, 0.2) is 43.0 Å².